The molecule has 112 valence electrons. The number of carboxylic acids is 1. The van der Waals surface area contributed by atoms with Crippen LogP contribution < -0.4 is 5.32 Å². The maximum absolute atomic E-state index is 12.1. The summed E-state index contributed by atoms with van der Waals surface area (Å²) in [5.74, 6) is -2.11. The average molecular weight is 309 g/mol. The molecule has 1 aromatic rings. The lowest BCUT2D eigenvalue weighted by atomic mass is 10.1. The molecule has 1 amide bonds. The Morgan fingerprint density at radius 2 is 1.81 bits per heavy atom. The number of nitrogens with one attached hydrogen (secondary N) is 1. The molecule has 7 heteroatoms. The first-order chi connectivity index (χ1) is 9.90. The van der Waals surface area contributed by atoms with E-state index in [2.05, 4.69) is 5.32 Å². The third-order valence-corrected chi connectivity index (χ3v) is 3.48. The van der Waals surface area contributed by atoms with Crippen LogP contribution in [-0.4, -0.2) is 39.7 Å². The third kappa shape index (κ3) is 6.22. The fourth-order valence-corrected chi connectivity index (χ4v) is 2.40. The van der Waals surface area contributed by atoms with Crippen LogP contribution in [0.15, 0.2) is 30.3 Å². The molecule has 1 unspecified atom stereocenters. The molecule has 0 radical (unpaired) electrons. The molecule has 1 atom stereocenters. The minimum atomic E-state index is -1.19. The monoisotopic (exact) mass is 309 g/mol. The van der Waals surface area contributed by atoms with Crippen molar-refractivity contribution in [3.8, 4) is 0 Å². The zero-order valence-corrected chi connectivity index (χ0v) is 12.2. The zero-order chi connectivity index (χ0) is 15.8. The van der Waals surface area contributed by atoms with E-state index >= 15 is 0 Å². The average Bonchev–Trinajstić information content (AvgIpc) is 2.44. The van der Waals surface area contributed by atoms with Gasteiger partial charge in [0.05, 0.1) is 5.25 Å². The van der Waals surface area contributed by atoms with Crippen LogP contribution in [-0.2, 0) is 14.4 Å². The summed E-state index contributed by atoms with van der Waals surface area (Å²) in [7, 11) is 0. The first-order valence-electron chi connectivity index (χ1n) is 6.15. The second-order valence-electron chi connectivity index (χ2n) is 4.20. The molecule has 0 saturated heterocycles. The Kier molecular flexibility index (Phi) is 6.61. The van der Waals surface area contributed by atoms with Gasteiger partial charge in [-0.05, 0) is 0 Å². The first kappa shape index (κ1) is 16.9. The second kappa shape index (κ2) is 8.21. The van der Waals surface area contributed by atoms with Crippen LogP contribution in [0.3, 0.4) is 0 Å². The summed E-state index contributed by atoms with van der Waals surface area (Å²) >= 11 is 0.718. The zero-order valence-electron chi connectivity index (χ0n) is 11.4. The van der Waals surface area contributed by atoms with Crippen molar-refractivity contribution in [2.24, 2.45) is 0 Å². The molecule has 1 aromatic carbocycles. The molecule has 21 heavy (non-hydrogen) atoms. The summed E-state index contributed by atoms with van der Waals surface area (Å²) < 4.78 is 0. The highest BCUT2D eigenvalue weighted by molar-refractivity contribution is 8.14. The molecule has 2 N–H and O–H groups in total. The van der Waals surface area contributed by atoms with Crippen LogP contribution in [0.2, 0.25) is 0 Å². The number of hydrogen-bond acceptors (Lipinski definition) is 5. The van der Waals surface area contributed by atoms with Crippen LogP contribution in [0.4, 0.5) is 0 Å². The minimum Gasteiger partial charge on any atom is -0.480 e. The molecule has 0 bridgehead atoms. The molecule has 0 fully saturated rings. The highest BCUT2D eigenvalue weighted by Gasteiger charge is 2.25. The molecule has 0 aliphatic carbocycles. The van der Waals surface area contributed by atoms with Crippen LogP contribution >= 0.6 is 11.8 Å². The quantitative estimate of drug-likeness (QED) is 0.732. The second-order valence-corrected chi connectivity index (χ2v) is 5.58. The smallest absolute Gasteiger partial charge is 0.322 e. The number of Topliss-reactive ketones (excluding diaryl/α,β-unsaturated/α-hetero) is 1. The van der Waals surface area contributed by atoms with E-state index in [0.29, 0.717) is 5.56 Å². The van der Waals surface area contributed by atoms with Gasteiger partial charge in [-0.1, -0.05) is 42.1 Å². The fourth-order valence-electron chi connectivity index (χ4n) is 1.58. The molecule has 1 rings (SSSR count). The Labute approximate surface area is 125 Å². The van der Waals surface area contributed by atoms with E-state index in [4.69, 9.17) is 5.11 Å². The van der Waals surface area contributed by atoms with Gasteiger partial charge in [0.15, 0.2) is 10.9 Å². The Morgan fingerprint density at radius 3 is 2.33 bits per heavy atom. The van der Waals surface area contributed by atoms with E-state index < -0.39 is 23.7 Å². The predicted molar refractivity (Wildman–Crippen MR) is 78.1 cm³/mol. The van der Waals surface area contributed by atoms with E-state index in [1.807, 2.05) is 0 Å². The Balaban J connectivity index is 2.73. The summed E-state index contributed by atoms with van der Waals surface area (Å²) in [5, 5.41) is 9.46. The normalized spacial score (nSPS) is 11.5. The van der Waals surface area contributed by atoms with Crippen LogP contribution in [0, 0.1) is 0 Å². The van der Waals surface area contributed by atoms with Crippen molar-refractivity contribution in [3.63, 3.8) is 0 Å². The Morgan fingerprint density at radius 1 is 1.19 bits per heavy atom. The van der Waals surface area contributed by atoms with Crippen molar-refractivity contribution in [1.29, 1.82) is 0 Å². The molecule has 0 saturated carbocycles. The van der Waals surface area contributed by atoms with E-state index in [0.717, 1.165) is 11.8 Å². The van der Waals surface area contributed by atoms with Crippen LogP contribution in [0.25, 0.3) is 0 Å². The highest BCUT2D eigenvalue weighted by atomic mass is 32.2. The number of aliphatic carboxylic acids is 1. The number of carboxylic acid groups (broad SMARTS) is 1. The maximum Gasteiger partial charge on any atom is 0.322 e. The van der Waals surface area contributed by atoms with Crippen molar-refractivity contribution < 1.29 is 24.3 Å². The SMILES string of the molecule is CC(=O)SC(CC(=O)c1ccccc1)C(=O)NCC(=O)O. The van der Waals surface area contributed by atoms with Crippen molar-refractivity contribution in [3.05, 3.63) is 35.9 Å². The minimum absolute atomic E-state index is 0.167. The number of amides is 1. The molecule has 0 aromatic heterocycles. The summed E-state index contributed by atoms with van der Waals surface area (Å²) in [6.45, 7) is 0.739. The molecular formula is C14H15NO5S. The molecule has 0 aliphatic heterocycles. The standard InChI is InChI=1S/C14H15NO5S/c1-9(16)21-12(14(20)15-8-13(18)19)7-11(17)10-5-3-2-4-6-10/h2-6,12H,7-8H2,1H3,(H,15,20)(H,18,19). The number of carbonyl (C=O) groups is 4. The molecule has 0 aliphatic rings. The van der Waals surface area contributed by atoms with Gasteiger partial charge in [-0.25, -0.2) is 0 Å². The predicted octanol–water partition coefficient (Wildman–Crippen LogP) is 1.11. The number of thioether (sulfide) groups is 1. The van der Waals surface area contributed by atoms with Gasteiger partial charge >= 0.3 is 5.97 Å². The van der Waals surface area contributed by atoms with E-state index in [1.54, 1.807) is 30.3 Å². The van der Waals surface area contributed by atoms with Crippen molar-refractivity contribution in [1.82, 2.24) is 5.32 Å². The molecule has 0 spiro atoms. The van der Waals surface area contributed by atoms with Gasteiger partial charge in [0.25, 0.3) is 0 Å². The van der Waals surface area contributed by atoms with Gasteiger partial charge in [0.1, 0.15) is 6.54 Å². The fraction of sp³-hybridized carbons (Fsp3) is 0.286. The van der Waals surface area contributed by atoms with Gasteiger partial charge in [-0.3, -0.25) is 19.2 Å². The van der Waals surface area contributed by atoms with Gasteiger partial charge < -0.3 is 10.4 Å². The van der Waals surface area contributed by atoms with Gasteiger partial charge in [-0.2, -0.15) is 0 Å². The Hall–Kier alpha value is -2.15. The molecule has 0 heterocycles. The van der Waals surface area contributed by atoms with Gasteiger partial charge in [0.2, 0.25) is 5.91 Å². The lowest BCUT2D eigenvalue weighted by molar-refractivity contribution is -0.137. The first-order valence-corrected chi connectivity index (χ1v) is 7.03. The topological polar surface area (TPSA) is 101 Å². The van der Waals surface area contributed by atoms with E-state index in [1.165, 1.54) is 6.92 Å². The van der Waals surface area contributed by atoms with E-state index in [-0.39, 0.29) is 17.3 Å². The number of carbonyl (C=O) groups excluding carboxylic acids is 3. The largest absolute Gasteiger partial charge is 0.480 e. The highest BCUT2D eigenvalue weighted by Crippen LogP contribution is 2.18. The van der Waals surface area contributed by atoms with Gasteiger partial charge in [-0.15, -0.1) is 0 Å². The summed E-state index contributed by atoms with van der Waals surface area (Å²) in [4.78, 5) is 45.5. The molecular weight excluding hydrogens is 294 g/mol. The van der Waals surface area contributed by atoms with Crippen molar-refractivity contribution in [2.45, 2.75) is 18.6 Å². The van der Waals surface area contributed by atoms with Crippen molar-refractivity contribution >= 4 is 34.5 Å². The number of ketones is 1. The lowest BCUT2D eigenvalue weighted by Crippen LogP contribution is -2.37. The number of hydrogen-bond donors (Lipinski definition) is 2. The third-order valence-electron chi connectivity index (χ3n) is 2.48. The van der Waals surface area contributed by atoms with Gasteiger partial charge in [0, 0.05) is 18.9 Å². The lowest BCUT2D eigenvalue weighted by Gasteiger charge is -2.13. The maximum atomic E-state index is 12.1. The Bertz CT molecular complexity index is 544. The van der Waals surface area contributed by atoms with E-state index in [9.17, 15) is 19.2 Å². The summed E-state index contributed by atoms with van der Waals surface area (Å²) in [6, 6.07) is 8.40. The van der Waals surface area contributed by atoms with Crippen LogP contribution in [0.5, 0.6) is 0 Å². The summed E-state index contributed by atoms with van der Waals surface area (Å²) in [6.07, 6.45) is -0.167. The molecule has 6 nitrogen and oxygen atoms in total. The summed E-state index contributed by atoms with van der Waals surface area (Å²) in [5.41, 5.74) is 0.442. The van der Waals surface area contributed by atoms with Crippen LogP contribution in [0.1, 0.15) is 23.7 Å². The number of benzene rings is 1. The number of rotatable bonds is 7. The van der Waals surface area contributed by atoms with Crippen molar-refractivity contribution in [2.75, 3.05) is 6.54 Å².